The number of rotatable bonds is 15. The van der Waals surface area contributed by atoms with E-state index in [1.54, 1.807) is 30.3 Å². The third-order valence-corrected chi connectivity index (χ3v) is 7.53. The van der Waals surface area contributed by atoms with Gasteiger partial charge in [0.1, 0.15) is 5.75 Å². The molecule has 3 aromatic carbocycles. The number of halogens is 4. The number of ketones is 1. The molecular formula is C30H28Cl4N4O4. The highest BCUT2D eigenvalue weighted by Gasteiger charge is 2.26. The molecule has 8 nitrogen and oxygen atoms in total. The van der Waals surface area contributed by atoms with Gasteiger partial charge in [-0.25, -0.2) is 4.84 Å². The van der Waals surface area contributed by atoms with Crippen LogP contribution in [0.25, 0.3) is 0 Å². The minimum absolute atomic E-state index is 0.0934. The maximum absolute atomic E-state index is 13.3. The van der Waals surface area contributed by atoms with Gasteiger partial charge >= 0.3 is 0 Å². The normalized spacial score (nSPS) is 11.7. The maximum atomic E-state index is 13.3. The van der Waals surface area contributed by atoms with Crippen molar-refractivity contribution in [1.82, 2.24) is 20.3 Å². The Labute approximate surface area is 263 Å². The molecule has 0 aliphatic rings. The molecule has 0 unspecified atom stereocenters. The van der Waals surface area contributed by atoms with Gasteiger partial charge in [-0.05, 0) is 90.7 Å². The van der Waals surface area contributed by atoms with Gasteiger partial charge in [0.25, 0.3) is 5.91 Å². The standard InChI is InChI=1S/C30H28Cl4N4O4/c31-22-9-7-21(8-10-22)30(40)36-26(3-1-2-15-35-34)28(39)29-37-27(42-38-29)18-19-4-11-23(12-5-19)41-16-14-20-6-13-24(32)25(33)17-20/h4-13,17,26,35H,1-3,14-16,18H2,(H,36,40)/t26-/m0/s1. The first kappa shape index (κ1) is 31.8. The summed E-state index contributed by atoms with van der Waals surface area (Å²) in [5.74, 6) is 0.0640. The van der Waals surface area contributed by atoms with E-state index in [-0.39, 0.29) is 11.7 Å². The van der Waals surface area contributed by atoms with Crippen LogP contribution in [0.5, 0.6) is 5.75 Å². The van der Waals surface area contributed by atoms with Gasteiger partial charge in [0, 0.05) is 23.6 Å². The van der Waals surface area contributed by atoms with Crippen LogP contribution < -0.4 is 14.9 Å². The second-order valence-corrected chi connectivity index (χ2v) is 11.0. The van der Waals surface area contributed by atoms with E-state index in [0.717, 1.165) is 17.5 Å². The number of Topliss-reactive ketones (excluding diaryl/α,β-unsaturated/α-hetero) is 1. The van der Waals surface area contributed by atoms with Crippen LogP contribution in [0, 0.1) is 0 Å². The van der Waals surface area contributed by atoms with Gasteiger partial charge in [0.15, 0.2) is 0 Å². The lowest BCUT2D eigenvalue weighted by Gasteiger charge is -2.16. The highest BCUT2D eigenvalue weighted by Crippen LogP contribution is 2.23. The van der Waals surface area contributed by atoms with Crippen molar-refractivity contribution in [1.29, 1.82) is 0 Å². The van der Waals surface area contributed by atoms with E-state index < -0.39 is 17.7 Å². The van der Waals surface area contributed by atoms with Gasteiger partial charge in [0.05, 0.1) is 29.1 Å². The lowest BCUT2D eigenvalue weighted by atomic mass is 10.0. The van der Waals surface area contributed by atoms with E-state index in [4.69, 9.17) is 55.8 Å². The van der Waals surface area contributed by atoms with Crippen LogP contribution in [0.4, 0.5) is 0 Å². The van der Waals surface area contributed by atoms with E-state index in [9.17, 15) is 9.59 Å². The molecule has 1 amide bonds. The first-order valence-electron chi connectivity index (χ1n) is 13.2. The first-order valence-corrected chi connectivity index (χ1v) is 14.8. The summed E-state index contributed by atoms with van der Waals surface area (Å²) in [4.78, 5) is 32.9. The molecule has 0 saturated carbocycles. The summed E-state index contributed by atoms with van der Waals surface area (Å²) in [7, 11) is 0. The molecule has 220 valence electrons. The molecular weight excluding hydrogens is 622 g/mol. The Morgan fingerprint density at radius 1 is 0.905 bits per heavy atom. The fourth-order valence-electron chi connectivity index (χ4n) is 4.09. The summed E-state index contributed by atoms with van der Waals surface area (Å²) in [6, 6.07) is 18.6. The Balaban J connectivity index is 1.33. The highest BCUT2D eigenvalue weighted by atomic mass is 35.5. The maximum Gasteiger partial charge on any atom is 0.251 e. The number of ether oxygens (including phenoxy) is 1. The Morgan fingerprint density at radius 2 is 1.64 bits per heavy atom. The van der Waals surface area contributed by atoms with Gasteiger partial charge in [-0.3, -0.25) is 9.59 Å². The van der Waals surface area contributed by atoms with E-state index in [1.165, 1.54) is 0 Å². The molecule has 0 radical (unpaired) electrons. The fourth-order valence-corrected chi connectivity index (χ4v) is 4.67. The molecule has 2 N–H and O–H groups in total. The van der Waals surface area contributed by atoms with Gasteiger partial charge in [-0.1, -0.05) is 58.2 Å². The summed E-state index contributed by atoms with van der Waals surface area (Å²) in [6.45, 7) is 1.05. The van der Waals surface area contributed by atoms with Crippen molar-refractivity contribution >= 4 is 58.3 Å². The Kier molecular flexibility index (Phi) is 12.0. The van der Waals surface area contributed by atoms with Crippen LogP contribution in [0.2, 0.25) is 15.1 Å². The number of benzene rings is 3. The summed E-state index contributed by atoms with van der Waals surface area (Å²) in [5, 5.41) is 8.22. The van der Waals surface area contributed by atoms with E-state index >= 15 is 0 Å². The number of nitrogens with zero attached hydrogens (tertiary/aromatic N) is 2. The van der Waals surface area contributed by atoms with Crippen LogP contribution in [-0.2, 0) is 12.8 Å². The zero-order chi connectivity index (χ0) is 29.9. The second kappa shape index (κ2) is 15.9. The molecule has 1 heterocycles. The summed E-state index contributed by atoms with van der Waals surface area (Å²) >= 11 is 23.5. The Hall–Kier alpha value is -3.14. The predicted molar refractivity (Wildman–Crippen MR) is 164 cm³/mol. The number of hydrogen-bond donors (Lipinski definition) is 2. The number of nitrogens with one attached hydrogen (secondary N) is 2. The molecule has 0 aliphatic carbocycles. The Morgan fingerprint density at radius 3 is 2.36 bits per heavy atom. The second-order valence-electron chi connectivity index (χ2n) is 9.46. The number of unbranched alkanes of at least 4 members (excludes halogenated alkanes) is 1. The molecule has 42 heavy (non-hydrogen) atoms. The van der Waals surface area contributed by atoms with E-state index in [0.29, 0.717) is 65.2 Å². The zero-order valence-electron chi connectivity index (χ0n) is 22.4. The average Bonchev–Trinajstić information content (AvgIpc) is 3.46. The molecule has 0 saturated heterocycles. The number of carbonyl (C=O) groups is 2. The fraction of sp³-hybridized carbons (Fsp3) is 0.267. The third kappa shape index (κ3) is 9.44. The van der Waals surface area contributed by atoms with Crippen LogP contribution in [-0.4, -0.2) is 41.0 Å². The lowest BCUT2D eigenvalue weighted by molar-refractivity contribution is 0.0843. The van der Waals surface area contributed by atoms with Crippen LogP contribution in [0.15, 0.2) is 71.3 Å². The summed E-state index contributed by atoms with van der Waals surface area (Å²) in [6.07, 6.45) is 2.75. The van der Waals surface area contributed by atoms with Crippen molar-refractivity contribution in [3.63, 3.8) is 0 Å². The van der Waals surface area contributed by atoms with Crippen molar-refractivity contribution in [2.75, 3.05) is 13.2 Å². The number of hydrogen-bond acceptors (Lipinski definition) is 7. The predicted octanol–water partition coefficient (Wildman–Crippen LogP) is 7.14. The van der Waals surface area contributed by atoms with Crippen LogP contribution in [0.1, 0.15) is 57.3 Å². The van der Waals surface area contributed by atoms with Gasteiger partial charge in [-0.15, -0.1) is 0 Å². The molecule has 4 rings (SSSR count). The minimum atomic E-state index is -0.839. The van der Waals surface area contributed by atoms with Crippen molar-refractivity contribution in [3.05, 3.63) is 110 Å². The first-order chi connectivity index (χ1) is 20.3. The van der Waals surface area contributed by atoms with Crippen molar-refractivity contribution in [2.45, 2.75) is 38.1 Å². The molecule has 0 fully saturated rings. The molecule has 1 aromatic heterocycles. The Bertz CT molecular complexity index is 1480. The monoisotopic (exact) mass is 648 g/mol. The average molecular weight is 650 g/mol. The van der Waals surface area contributed by atoms with Gasteiger partial charge < -0.3 is 14.6 Å². The largest absolute Gasteiger partial charge is 0.493 e. The van der Waals surface area contributed by atoms with Crippen LogP contribution in [0.3, 0.4) is 0 Å². The smallest absolute Gasteiger partial charge is 0.251 e. The third-order valence-electron chi connectivity index (χ3n) is 6.35. The molecule has 12 heteroatoms. The summed E-state index contributed by atoms with van der Waals surface area (Å²) in [5.41, 5.74) is 2.31. The summed E-state index contributed by atoms with van der Waals surface area (Å²) < 4.78 is 11.2. The number of aromatic nitrogens is 2. The number of carbonyl (C=O) groups excluding carboxylic acids is 2. The minimum Gasteiger partial charge on any atom is -0.493 e. The number of amides is 1. The topological polar surface area (TPSA) is 106 Å². The van der Waals surface area contributed by atoms with Gasteiger partial charge in [0.2, 0.25) is 17.5 Å². The van der Waals surface area contributed by atoms with Gasteiger partial charge in [-0.2, -0.15) is 4.98 Å². The van der Waals surface area contributed by atoms with Crippen molar-refractivity contribution < 1.29 is 18.8 Å². The zero-order valence-corrected chi connectivity index (χ0v) is 25.4. The van der Waals surface area contributed by atoms with Crippen molar-refractivity contribution in [2.24, 2.45) is 0 Å². The van der Waals surface area contributed by atoms with Crippen molar-refractivity contribution in [3.8, 4) is 5.75 Å². The quantitative estimate of drug-likeness (QED) is 0.0801. The molecule has 4 aromatic rings. The molecule has 0 aliphatic heterocycles. The lowest BCUT2D eigenvalue weighted by Crippen LogP contribution is -2.41. The van der Waals surface area contributed by atoms with Crippen LogP contribution >= 0.6 is 46.6 Å². The van der Waals surface area contributed by atoms with E-state index in [2.05, 4.69) is 20.3 Å². The highest BCUT2D eigenvalue weighted by molar-refractivity contribution is 6.42. The SMILES string of the molecule is O=C(N[C@@H](CCCCNCl)C(=O)c1noc(Cc2ccc(OCCc3ccc(Cl)c(Cl)c3)cc2)n1)c1ccc(Cl)cc1. The molecule has 1 atom stereocenters. The molecule has 0 bridgehead atoms. The van der Waals surface area contributed by atoms with E-state index in [1.807, 2.05) is 36.4 Å². The molecule has 0 spiro atoms.